The molecule has 6 heteroatoms. The van der Waals surface area contributed by atoms with Gasteiger partial charge in [0, 0.05) is 18.0 Å². The molecule has 1 aliphatic heterocycles. The molecule has 0 aromatic heterocycles. The zero-order valence-electron chi connectivity index (χ0n) is 19.7. The molecule has 0 unspecified atom stereocenters. The molecule has 1 heterocycles. The Bertz CT molecular complexity index is 763. The molecule has 3 rings (SSSR count). The van der Waals surface area contributed by atoms with Crippen LogP contribution in [-0.2, 0) is 9.09 Å². The summed E-state index contributed by atoms with van der Waals surface area (Å²) in [5, 5.41) is 11.2. The van der Waals surface area contributed by atoms with Crippen molar-refractivity contribution in [3.63, 3.8) is 0 Å². The van der Waals surface area contributed by atoms with Crippen LogP contribution in [0.4, 0.5) is 0 Å². The van der Waals surface area contributed by atoms with Gasteiger partial charge in [-0.3, -0.25) is 4.57 Å². The highest BCUT2D eigenvalue weighted by molar-refractivity contribution is 7.57. The first-order chi connectivity index (χ1) is 14.0. The summed E-state index contributed by atoms with van der Waals surface area (Å²) in [7, 11) is -1.67. The number of hydrogen-bond acceptors (Lipinski definition) is 4. The molecule has 0 spiro atoms. The Balaban J connectivity index is 1.97. The lowest BCUT2D eigenvalue weighted by atomic mass is 9.71. The average Bonchev–Trinajstić information content (AvgIpc) is 2.69. The number of hydrogen-bond donors (Lipinski definition) is 1. The second-order valence-electron chi connectivity index (χ2n) is 10.3. The molecule has 0 amide bonds. The van der Waals surface area contributed by atoms with Crippen molar-refractivity contribution < 1.29 is 18.9 Å². The van der Waals surface area contributed by atoms with E-state index in [1.165, 1.54) is 6.42 Å². The Morgan fingerprint density at radius 1 is 1.23 bits per heavy atom. The van der Waals surface area contributed by atoms with Crippen molar-refractivity contribution in [3.05, 3.63) is 29.8 Å². The summed E-state index contributed by atoms with van der Waals surface area (Å²) in [6.45, 7) is 13.6. The largest absolute Gasteiger partial charge is 0.497 e. The highest BCUT2D eigenvalue weighted by Gasteiger charge is 2.58. The van der Waals surface area contributed by atoms with Crippen molar-refractivity contribution in [1.29, 1.82) is 0 Å². The van der Waals surface area contributed by atoms with Gasteiger partial charge in [-0.2, -0.15) is 0 Å². The number of benzene rings is 1. The summed E-state index contributed by atoms with van der Waals surface area (Å²) >= 11 is 0. The summed E-state index contributed by atoms with van der Waals surface area (Å²) in [6, 6.07) is 7.36. The minimum atomic E-state index is -3.29. The van der Waals surface area contributed by atoms with Crippen molar-refractivity contribution in [2.45, 2.75) is 84.2 Å². The first-order valence-electron chi connectivity index (χ1n) is 11.4. The first-order valence-corrected chi connectivity index (χ1v) is 13.0. The van der Waals surface area contributed by atoms with Crippen molar-refractivity contribution >= 4 is 7.52 Å². The Morgan fingerprint density at radius 2 is 1.87 bits per heavy atom. The van der Waals surface area contributed by atoms with Crippen LogP contribution in [0, 0.1) is 17.8 Å². The highest BCUT2D eigenvalue weighted by Crippen LogP contribution is 2.68. The predicted octanol–water partition coefficient (Wildman–Crippen LogP) is 5.88. The fourth-order valence-corrected chi connectivity index (χ4v) is 8.64. The number of fused-ring (bicyclic) bond motifs is 1. The molecule has 170 valence electrons. The van der Waals surface area contributed by atoms with E-state index in [0.29, 0.717) is 24.3 Å². The number of nitrogens with zero attached hydrogens (tertiary/aromatic N) is 1. The van der Waals surface area contributed by atoms with Gasteiger partial charge in [0.2, 0.25) is 0 Å². The van der Waals surface area contributed by atoms with Crippen LogP contribution >= 0.6 is 7.52 Å². The Kier molecular flexibility index (Phi) is 7.09. The van der Waals surface area contributed by atoms with Gasteiger partial charge < -0.3 is 14.4 Å². The molecular formula is C24H40NO4P. The maximum absolute atomic E-state index is 14.6. The van der Waals surface area contributed by atoms with Gasteiger partial charge in [-0.15, -0.1) is 0 Å². The molecule has 1 saturated carbocycles. The molecule has 1 aromatic rings. The lowest BCUT2D eigenvalue weighted by Crippen LogP contribution is -2.59. The van der Waals surface area contributed by atoms with Crippen molar-refractivity contribution in [3.8, 4) is 5.75 Å². The number of rotatable bonds is 6. The molecule has 1 aromatic carbocycles. The third kappa shape index (κ3) is 4.37. The van der Waals surface area contributed by atoms with E-state index in [1.807, 2.05) is 31.2 Å². The predicted molar refractivity (Wildman–Crippen MR) is 122 cm³/mol. The van der Waals surface area contributed by atoms with E-state index >= 15 is 0 Å². The van der Waals surface area contributed by atoms with Crippen LogP contribution in [-0.4, -0.2) is 40.7 Å². The average molecular weight is 438 g/mol. The van der Waals surface area contributed by atoms with Gasteiger partial charge in [0.1, 0.15) is 5.75 Å². The van der Waals surface area contributed by atoms with Gasteiger partial charge in [-0.05, 0) is 63.1 Å². The summed E-state index contributed by atoms with van der Waals surface area (Å²) in [4.78, 5) is 0. The molecule has 1 saturated heterocycles. The number of aliphatic hydroxyl groups is 1. The van der Waals surface area contributed by atoms with Crippen LogP contribution in [0.25, 0.3) is 0 Å². The maximum Gasteiger partial charge on any atom is 0.278 e. The quantitative estimate of drug-likeness (QED) is 0.563. The monoisotopic (exact) mass is 437 g/mol. The van der Waals surface area contributed by atoms with Gasteiger partial charge in [0.15, 0.2) is 0 Å². The van der Waals surface area contributed by atoms with E-state index in [-0.39, 0.29) is 11.6 Å². The van der Waals surface area contributed by atoms with Crippen LogP contribution in [0.3, 0.4) is 0 Å². The molecule has 1 aliphatic carbocycles. The Labute approximate surface area is 182 Å². The molecule has 0 bridgehead atoms. The third-order valence-corrected chi connectivity index (χ3v) is 10.5. The normalized spacial score (nSPS) is 33.7. The first kappa shape index (κ1) is 23.8. The van der Waals surface area contributed by atoms with Gasteiger partial charge in [0.25, 0.3) is 7.52 Å². The molecule has 2 aliphatic rings. The van der Waals surface area contributed by atoms with Crippen LogP contribution in [0.5, 0.6) is 5.75 Å². The Morgan fingerprint density at radius 3 is 2.43 bits per heavy atom. The molecule has 1 N–H and O–H groups in total. The summed E-state index contributed by atoms with van der Waals surface area (Å²) in [5.41, 5.74) is -0.0258. The minimum absolute atomic E-state index is 0.0106. The van der Waals surface area contributed by atoms with Crippen molar-refractivity contribution in [1.82, 2.24) is 4.67 Å². The molecule has 0 radical (unpaired) electrons. The smallest absolute Gasteiger partial charge is 0.278 e. The standard InChI is InChI=1S/C24H40NO4P/c1-16(2)15-25-24(5,6)21-13-8-17(3)14-22(21)29-30(25,27)18(4)23(26)19-9-11-20(28-7)12-10-19/h9-12,16-18,21-23,26H,8,13-15H2,1-7H3/t17-,18+,21-,22-,23-,30+/m1/s1. The molecule has 30 heavy (non-hydrogen) atoms. The van der Waals surface area contributed by atoms with Gasteiger partial charge >= 0.3 is 0 Å². The topological polar surface area (TPSA) is 59.0 Å². The van der Waals surface area contributed by atoms with Crippen molar-refractivity contribution in [2.75, 3.05) is 13.7 Å². The van der Waals surface area contributed by atoms with Crippen LogP contribution in [0.1, 0.15) is 72.5 Å². The molecular weight excluding hydrogens is 397 g/mol. The third-order valence-electron chi connectivity index (χ3n) is 7.22. The number of aliphatic hydroxyl groups excluding tert-OH is 1. The van der Waals surface area contributed by atoms with E-state index in [9.17, 15) is 9.67 Å². The molecule has 6 atom stereocenters. The minimum Gasteiger partial charge on any atom is -0.497 e. The lowest BCUT2D eigenvalue weighted by molar-refractivity contribution is -0.0548. The van der Waals surface area contributed by atoms with Crippen LogP contribution in [0.15, 0.2) is 24.3 Å². The highest BCUT2D eigenvalue weighted by atomic mass is 31.2. The molecule has 2 fully saturated rings. The SMILES string of the molecule is COc1ccc([C@H](O)[C@H](C)[P@]2(=O)O[C@@H]3C[C@H](C)CC[C@H]3C(C)(C)N2CC(C)C)cc1. The van der Waals surface area contributed by atoms with E-state index in [0.717, 1.165) is 24.2 Å². The van der Waals surface area contributed by atoms with Gasteiger partial charge in [-0.25, -0.2) is 4.67 Å². The fourth-order valence-electron chi connectivity index (χ4n) is 5.32. The maximum atomic E-state index is 14.6. The van der Waals surface area contributed by atoms with E-state index < -0.39 is 19.3 Å². The van der Waals surface area contributed by atoms with Crippen LogP contribution in [0.2, 0.25) is 0 Å². The summed E-state index contributed by atoms with van der Waals surface area (Å²) in [6.07, 6.45) is 2.35. The zero-order chi connectivity index (χ0) is 22.3. The Hall–Kier alpha value is -0.870. The zero-order valence-corrected chi connectivity index (χ0v) is 20.6. The van der Waals surface area contributed by atoms with Crippen molar-refractivity contribution in [2.24, 2.45) is 17.8 Å². The molecule has 5 nitrogen and oxygen atoms in total. The lowest BCUT2D eigenvalue weighted by Gasteiger charge is -2.58. The van der Waals surface area contributed by atoms with E-state index in [1.54, 1.807) is 7.11 Å². The van der Waals surface area contributed by atoms with E-state index in [2.05, 4.69) is 39.3 Å². The second-order valence-corrected chi connectivity index (χ2v) is 13.0. The second kappa shape index (κ2) is 8.94. The van der Waals surface area contributed by atoms with Crippen LogP contribution < -0.4 is 4.74 Å². The summed E-state index contributed by atoms with van der Waals surface area (Å²) < 4.78 is 28.5. The van der Waals surface area contributed by atoms with Gasteiger partial charge in [-0.1, -0.05) is 39.3 Å². The fraction of sp³-hybridized carbons (Fsp3) is 0.750. The number of ether oxygens (including phenoxy) is 1. The van der Waals surface area contributed by atoms with Gasteiger partial charge in [0.05, 0.1) is 25.0 Å². The van der Waals surface area contributed by atoms with E-state index in [4.69, 9.17) is 9.26 Å². The summed E-state index contributed by atoms with van der Waals surface area (Å²) in [5.74, 6) is 2.03. The number of methoxy groups -OCH3 is 1.